The van der Waals surface area contributed by atoms with E-state index < -0.39 is 0 Å². The summed E-state index contributed by atoms with van der Waals surface area (Å²) in [6.07, 6.45) is 11.4. The van der Waals surface area contributed by atoms with Gasteiger partial charge in [-0.25, -0.2) is 0 Å². The molecule has 4 rings (SSSR count). The Morgan fingerprint density at radius 1 is 1.14 bits per heavy atom. The minimum absolute atomic E-state index is 0. The average Bonchev–Trinajstić information content (AvgIpc) is 2.74. The number of pyridine rings is 1. The summed E-state index contributed by atoms with van der Waals surface area (Å²) in [4.78, 5) is 6.95. The molecule has 0 saturated carbocycles. The smallest absolute Gasteiger partial charge is 0.131 e. The van der Waals surface area contributed by atoms with Crippen molar-refractivity contribution in [2.75, 3.05) is 20.1 Å². The number of rotatable bonds is 4. The molecule has 1 aromatic carbocycles. The Balaban J connectivity index is 0.00000240. The van der Waals surface area contributed by atoms with E-state index in [1.165, 1.54) is 45.2 Å². The van der Waals surface area contributed by atoms with Crippen molar-refractivity contribution in [2.24, 2.45) is 10.9 Å². The number of phenols is 1. The quantitative estimate of drug-likeness (QED) is 0.800. The summed E-state index contributed by atoms with van der Waals surface area (Å²) in [7, 11) is 1.78. The van der Waals surface area contributed by atoms with Crippen LogP contribution in [0.2, 0.25) is 0 Å². The highest BCUT2D eigenvalue weighted by atomic mass is 16.3. The highest BCUT2D eigenvalue weighted by Crippen LogP contribution is 2.34. The third kappa shape index (κ3) is 4.64. The minimum atomic E-state index is 0. The number of hydrogen-bond donors (Lipinski definition) is 1. The number of aromatic hydroxyl groups is 1. The molecule has 2 aliphatic heterocycles. The van der Waals surface area contributed by atoms with Crippen LogP contribution in [0.5, 0.6) is 5.75 Å². The molecule has 1 aromatic heterocycles. The van der Waals surface area contributed by atoms with E-state index in [2.05, 4.69) is 28.6 Å². The molecule has 0 bridgehead atoms. The summed E-state index contributed by atoms with van der Waals surface area (Å²) in [5.74, 6) is 1.09. The number of hydrogen-bond acceptors (Lipinski definition) is 3. The van der Waals surface area contributed by atoms with E-state index >= 15 is 0 Å². The van der Waals surface area contributed by atoms with Crippen molar-refractivity contribution >= 4 is 6.20 Å². The summed E-state index contributed by atoms with van der Waals surface area (Å²) in [6, 6.07) is 10.8. The van der Waals surface area contributed by atoms with Crippen LogP contribution in [0.3, 0.4) is 0 Å². The fourth-order valence-corrected chi connectivity index (χ4v) is 4.91. The van der Waals surface area contributed by atoms with E-state index in [1.54, 1.807) is 13.2 Å². The van der Waals surface area contributed by atoms with Crippen LogP contribution in [0.15, 0.2) is 48.1 Å². The first-order valence-electron chi connectivity index (χ1n) is 10.5. The van der Waals surface area contributed by atoms with Crippen LogP contribution < -0.4 is 5.49 Å². The second kappa shape index (κ2) is 9.45. The molecular formula is C25H35N3O. The van der Waals surface area contributed by atoms with E-state index in [1.807, 2.05) is 29.0 Å². The molecule has 0 spiro atoms. The molecule has 4 nitrogen and oxygen atoms in total. The molecule has 4 heteroatoms. The van der Waals surface area contributed by atoms with Crippen LogP contribution in [0, 0.1) is 5.92 Å². The van der Waals surface area contributed by atoms with Crippen LogP contribution in [0.1, 0.15) is 45.1 Å². The highest BCUT2D eigenvalue weighted by Gasteiger charge is 2.30. The SMILES string of the molecule is C.C=Cn1cc(-c2ccc(O)c(CC3CCN4CCCCC4C3)c2)ccc1=NC. The number of nitrogens with zero attached hydrogens (tertiary/aromatic N) is 3. The topological polar surface area (TPSA) is 40.8 Å². The van der Waals surface area contributed by atoms with Gasteiger partial charge in [0.2, 0.25) is 0 Å². The maximum atomic E-state index is 10.5. The molecule has 2 saturated heterocycles. The molecule has 3 heterocycles. The van der Waals surface area contributed by atoms with Crippen molar-refractivity contribution in [1.82, 2.24) is 9.47 Å². The molecule has 156 valence electrons. The van der Waals surface area contributed by atoms with Gasteiger partial charge in [0.15, 0.2) is 0 Å². The maximum Gasteiger partial charge on any atom is 0.131 e. The fourth-order valence-electron chi connectivity index (χ4n) is 4.91. The molecule has 2 atom stereocenters. The van der Waals surface area contributed by atoms with Gasteiger partial charge in [-0.2, -0.15) is 0 Å². The number of aromatic nitrogens is 1. The highest BCUT2D eigenvalue weighted by molar-refractivity contribution is 5.65. The largest absolute Gasteiger partial charge is 0.508 e. The average molecular weight is 394 g/mol. The van der Waals surface area contributed by atoms with Crippen LogP contribution >= 0.6 is 0 Å². The van der Waals surface area contributed by atoms with Crippen LogP contribution in [-0.2, 0) is 6.42 Å². The summed E-state index contributed by atoms with van der Waals surface area (Å²) in [5.41, 5.74) is 4.18. The van der Waals surface area contributed by atoms with E-state index in [0.29, 0.717) is 11.7 Å². The molecular weight excluding hydrogens is 358 g/mol. The lowest BCUT2D eigenvalue weighted by molar-refractivity contribution is 0.0786. The first kappa shape index (κ1) is 21.4. The Kier molecular flexibility index (Phi) is 6.96. The summed E-state index contributed by atoms with van der Waals surface area (Å²) >= 11 is 0. The first-order chi connectivity index (χ1) is 13.7. The van der Waals surface area contributed by atoms with Crippen LogP contribution in [-0.4, -0.2) is 40.8 Å². The Labute approximate surface area is 175 Å². The summed E-state index contributed by atoms with van der Waals surface area (Å²) in [6.45, 7) is 6.37. The van der Waals surface area contributed by atoms with E-state index in [4.69, 9.17) is 0 Å². The van der Waals surface area contributed by atoms with Crippen molar-refractivity contribution in [3.05, 3.63) is 54.2 Å². The predicted octanol–water partition coefficient (Wildman–Crippen LogP) is 4.93. The van der Waals surface area contributed by atoms with Gasteiger partial charge in [-0.1, -0.05) is 26.5 Å². The van der Waals surface area contributed by atoms with E-state index in [0.717, 1.165) is 34.6 Å². The summed E-state index contributed by atoms with van der Waals surface area (Å²) in [5, 5.41) is 10.5. The summed E-state index contributed by atoms with van der Waals surface area (Å²) < 4.78 is 1.93. The second-order valence-corrected chi connectivity index (χ2v) is 8.21. The molecule has 29 heavy (non-hydrogen) atoms. The zero-order chi connectivity index (χ0) is 19.5. The van der Waals surface area contributed by atoms with Gasteiger partial charge < -0.3 is 14.6 Å². The van der Waals surface area contributed by atoms with Gasteiger partial charge in [0.1, 0.15) is 11.2 Å². The third-order valence-electron chi connectivity index (χ3n) is 6.48. The molecule has 2 aliphatic rings. The first-order valence-corrected chi connectivity index (χ1v) is 10.5. The van der Waals surface area contributed by atoms with Gasteiger partial charge in [-0.15, -0.1) is 0 Å². The van der Waals surface area contributed by atoms with Gasteiger partial charge in [0, 0.05) is 25.5 Å². The van der Waals surface area contributed by atoms with Gasteiger partial charge in [-0.05, 0) is 92.1 Å². The minimum Gasteiger partial charge on any atom is -0.508 e. The van der Waals surface area contributed by atoms with Crippen molar-refractivity contribution in [1.29, 1.82) is 0 Å². The standard InChI is InChI=1S/C24H31N3O.CH4/c1-3-26-17-20(8-10-24(26)25-2)19-7-9-23(28)21(16-19)14-18-11-13-27-12-5-4-6-22(27)15-18;/h3,7-10,16-18,22,28H,1,4-6,11-15H2,2H3;1H4. The van der Waals surface area contributed by atoms with Crippen LogP contribution in [0.4, 0.5) is 0 Å². The van der Waals surface area contributed by atoms with Gasteiger partial charge in [0.25, 0.3) is 0 Å². The molecule has 2 unspecified atom stereocenters. The number of phenolic OH excluding ortho intramolecular Hbond substituents is 1. The second-order valence-electron chi connectivity index (χ2n) is 8.21. The van der Waals surface area contributed by atoms with Crippen LogP contribution in [0.25, 0.3) is 17.3 Å². The Morgan fingerprint density at radius 2 is 1.97 bits per heavy atom. The van der Waals surface area contributed by atoms with Gasteiger partial charge in [-0.3, -0.25) is 4.99 Å². The molecule has 1 N–H and O–H groups in total. The van der Waals surface area contributed by atoms with E-state index in [-0.39, 0.29) is 7.43 Å². The van der Waals surface area contributed by atoms with Crippen molar-refractivity contribution in [2.45, 2.75) is 52.0 Å². The number of piperidine rings is 2. The van der Waals surface area contributed by atoms with E-state index in [9.17, 15) is 5.11 Å². The lowest BCUT2D eigenvalue weighted by Gasteiger charge is -2.42. The Morgan fingerprint density at radius 3 is 2.76 bits per heavy atom. The third-order valence-corrected chi connectivity index (χ3v) is 6.48. The fraction of sp³-hybridized carbons (Fsp3) is 0.480. The van der Waals surface area contributed by atoms with Gasteiger partial charge >= 0.3 is 0 Å². The molecule has 2 aromatic rings. The predicted molar refractivity (Wildman–Crippen MR) is 122 cm³/mol. The van der Waals surface area contributed by atoms with Crippen molar-refractivity contribution in [3.63, 3.8) is 0 Å². The zero-order valence-corrected chi connectivity index (χ0v) is 16.8. The van der Waals surface area contributed by atoms with Gasteiger partial charge in [0.05, 0.1) is 0 Å². The Hall–Kier alpha value is -2.33. The monoisotopic (exact) mass is 393 g/mol. The maximum absolute atomic E-state index is 10.5. The molecule has 0 aliphatic carbocycles. The van der Waals surface area contributed by atoms with Crippen molar-refractivity contribution in [3.8, 4) is 16.9 Å². The molecule has 0 radical (unpaired) electrons. The zero-order valence-electron chi connectivity index (χ0n) is 16.8. The lowest BCUT2D eigenvalue weighted by atomic mass is 9.82. The lowest BCUT2D eigenvalue weighted by Crippen LogP contribution is -2.45. The van der Waals surface area contributed by atoms with Crippen molar-refractivity contribution < 1.29 is 5.11 Å². The Bertz CT molecular complexity index is 915. The molecule has 0 amide bonds. The number of fused-ring (bicyclic) bond motifs is 1. The number of benzene rings is 1. The normalized spacial score (nSPS) is 22.6. The molecule has 2 fully saturated rings.